The Labute approximate surface area is 221 Å². The van der Waals surface area contributed by atoms with Gasteiger partial charge < -0.3 is 10.2 Å². The number of anilines is 4. The van der Waals surface area contributed by atoms with Crippen molar-refractivity contribution >= 4 is 50.9 Å². The molecule has 3 aliphatic rings. The maximum absolute atomic E-state index is 3.79. The minimum atomic E-state index is 0.269. The van der Waals surface area contributed by atoms with Crippen LogP contribution in [0.25, 0.3) is 16.3 Å². The van der Waals surface area contributed by atoms with Crippen molar-refractivity contribution in [2.75, 3.05) is 10.2 Å². The van der Waals surface area contributed by atoms with E-state index >= 15 is 0 Å². The highest BCUT2D eigenvalue weighted by Gasteiger charge is 2.33. The van der Waals surface area contributed by atoms with Crippen molar-refractivity contribution in [3.63, 3.8) is 0 Å². The van der Waals surface area contributed by atoms with Gasteiger partial charge in [0, 0.05) is 27.1 Å². The summed E-state index contributed by atoms with van der Waals surface area (Å²) in [5.74, 6) is 0.359. The lowest BCUT2D eigenvalue weighted by atomic mass is 9.85. The second-order valence-corrected chi connectivity index (χ2v) is 10.9. The second kappa shape index (κ2) is 8.16. The van der Waals surface area contributed by atoms with Crippen LogP contribution in [0.15, 0.2) is 137 Å². The summed E-state index contributed by atoms with van der Waals surface area (Å²) in [4.78, 5) is 4.95. The van der Waals surface area contributed by atoms with Gasteiger partial charge in [-0.2, -0.15) is 0 Å². The molecule has 1 aliphatic carbocycles. The monoisotopic (exact) mass is 492 g/mol. The molecule has 1 N–H and O–H groups in total. The average Bonchev–Trinajstić information content (AvgIpc) is 3.34. The van der Waals surface area contributed by atoms with Gasteiger partial charge >= 0.3 is 0 Å². The van der Waals surface area contributed by atoms with Gasteiger partial charge in [0.05, 0.1) is 17.4 Å². The molecule has 2 aliphatic heterocycles. The van der Waals surface area contributed by atoms with Crippen molar-refractivity contribution in [3.8, 4) is 0 Å². The predicted octanol–water partition coefficient (Wildman–Crippen LogP) is 9.31. The number of rotatable bonds is 2. The Balaban J connectivity index is 1.18. The average molecular weight is 493 g/mol. The van der Waals surface area contributed by atoms with Crippen molar-refractivity contribution in [1.82, 2.24) is 0 Å². The summed E-state index contributed by atoms with van der Waals surface area (Å²) in [6, 6.07) is 39.7. The minimum absolute atomic E-state index is 0.269. The molecule has 2 unspecified atom stereocenters. The Kier molecular flexibility index (Phi) is 4.61. The van der Waals surface area contributed by atoms with Gasteiger partial charge in [-0.3, -0.25) is 0 Å². The summed E-state index contributed by atoms with van der Waals surface area (Å²) in [5, 5.41) is 6.45. The second-order valence-electron chi connectivity index (χ2n) is 9.85. The quantitative estimate of drug-likeness (QED) is 0.259. The van der Waals surface area contributed by atoms with Crippen LogP contribution in [0.2, 0.25) is 0 Å². The van der Waals surface area contributed by atoms with Crippen LogP contribution in [0.3, 0.4) is 0 Å². The van der Waals surface area contributed by atoms with Crippen LogP contribution < -0.4 is 10.2 Å². The fraction of sp³-hybridized carbons (Fsp3) is 0.0588. The first-order valence-electron chi connectivity index (χ1n) is 12.8. The molecule has 0 bridgehead atoms. The van der Waals surface area contributed by atoms with E-state index in [0.29, 0.717) is 5.92 Å². The fourth-order valence-corrected chi connectivity index (χ4v) is 7.13. The lowest BCUT2D eigenvalue weighted by Crippen LogP contribution is -2.19. The fourth-order valence-electron chi connectivity index (χ4n) is 6.03. The number of hydrogen-bond donors (Lipinski definition) is 1. The van der Waals surface area contributed by atoms with E-state index in [1.165, 1.54) is 60.0 Å². The lowest BCUT2D eigenvalue weighted by molar-refractivity contribution is 0.812. The highest BCUT2D eigenvalue weighted by molar-refractivity contribution is 7.99. The van der Waals surface area contributed by atoms with Crippen LogP contribution in [-0.2, 0) is 0 Å². The molecule has 0 aromatic heterocycles. The Bertz CT molecular complexity index is 1750. The highest BCUT2D eigenvalue weighted by Crippen LogP contribution is 2.52. The number of hydrogen-bond acceptors (Lipinski definition) is 3. The van der Waals surface area contributed by atoms with Gasteiger partial charge in [-0.15, -0.1) is 0 Å². The first-order valence-corrected chi connectivity index (χ1v) is 13.6. The van der Waals surface area contributed by atoms with Crippen molar-refractivity contribution in [1.29, 1.82) is 0 Å². The van der Waals surface area contributed by atoms with Crippen LogP contribution in [-0.4, -0.2) is 6.04 Å². The Morgan fingerprint density at radius 1 is 0.703 bits per heavy atom. The third kappa shape index (κ3) is 3.28. The van der Waals surface area contributed by atoms with E-state index in [2.05, 4.69) is 138 Å². The summed E-state index contributed by atoms with van der Waals surface area (Å²) in [6.45, 7) is 0. The van der Waals surface area contributed by atoms with Gasteiger partial charge in [0.25, 0.3) is 0 Å². The highest BCUT2D eigenvalue weighted by atomic mass is 32.2. The molecular formula is C34H24N2S. The maximum atomic E-state index is 3.79. The zero-order valence-electron chi connectivity index (χ0n) is 20.1. The Morgan fingerprint density at radius 3 is 2.46 bits per heavy atom. The smallest absolute Gasteiger partial charge is 0.0602 e. The molecule has 2 atom stereocenters. The molecule has 2 nitrogen and oxygen atoms in total. The summed E-state index contributed by atoms with van der Waals surface area (Å²) in [6.07, 6.45) is 7.12. The summed E-state index contributed by atoms with van der Waals surface area (Å²) in [5.41, 5.74) is 8.87. The van der Waals surface area contributed by atoms with E-state index in [-0.39, 0.29) is 6.04 Å². The molecule has 0 amide bonds. The number of allylic oxidation sites excluding steroid dienone is 2. The molecule has 176 valence electrons. The number of nitrogens with one attached hydrogen (secondary N) is 1. The van der Waals surface area contributed by atoms with Crippen LogP contribution in [0.1, 0.15) is 17.0 Å². The number of benzene rings is 5. The van der Waals surface area contributed by atoms with Gasteiger partial charge in [-0.25, -0.2) is 0 Å². The van der Waals surface area contributed by atoms with Crippen LogP contribution >= 0.6 is 11.8 Å². The van der Waals surface area contributed by atoms with Gasteiger partial charge in [0.15, 0.2) is 0 Å². The molecule has 0 radical (unpaired) electrons. The Hall–Kier alpha value is -4.21. The normalized spacial score (nSPS) is 18.9. The van der Waals surface area contributed by atoms with Crippen LogP contribution in [0.5, 0.6) is 0 Å². The molecule has 2 heterocycles. The summed E-state index contributed by atoms with van der Waals surface area (Å²) < 4.78 is 0. The van der Waals surface area contributed by atoms with Gasteiger partial charge in [0.1, 0.15) is 0 Å². The van der Waals surface area contributed by atoms with Crippen molar-refractivity contribution in [3.05, 3.63) is 139 Å². The van der Waals surface area contributed by atoms with Crippen molar-refractivity contribution < 1.29 is 0 Å². The first kappa shape index (κ1) is 20.9. The van der Waals surface area contributed by atoms with Crippen molar-refractivity contribution in [2.24, 2.45) is 0 Å². The lowest BCUT2D eigenvalue weighted by Gasteiger charge is -2.33. The molecule has 0 saturated heterocycles. The molecule has 3 heteroatoms. The molecule has 5 aromatic rings. The largest absolute Gasteiger partial charge is 0.378 e. The van der Waals surface area contributed by atoms with E-state index in [9.17, 15) is 0 Å². The van der Waals surface area contributed by atoms with Crippen molar-refractivity contribution in [2.45, 2.75) is 21.8 Å². The molecular weight excluding hydrogens is 468 g/mol. The molecule has 8 rings (SSSR count). The van der Waals surface area contributed by atoms with E-state index in [4.69, 9.17) is 0 Å². The number of nitrogens with zero attached hydrogens (tertiary/aromatic N) is 1. The number of para-hydroxylation sites is 2. The molecule has 0 spiro atoms. The van der Waals surface area contributed by atoms with Gasteiger partial charge in [0.2, 0.25) is 0 Å². The maximum Gasteiger partial charge on any atom is 0.0602 e. The van der Waals surface area contributed by atoms with E-state index in [1.807, 2.05) is 11.8 Å². The number of fused-ring (bicyclic) bond motifs is 7. The van der Waals surface area contributed by atoms with E-state index in [0.717, 1.165) is 0 Å². The third-order valence-electron chi connectivity index (χ3n) is 7.73. The van der Waals surface area contributed by atoms with E-state index in [1.54, 1.807) is 0 Å². The zero-order valence-corrected chi connectivity index (χ0v) is 21.0. The topological polar surface area (TPSA) is 15.3 Å². The van der Waals surface area contributed by atoms with Crippen LogP contribution in [0, 0.1) is 0 Å². The summed E-state index contributed by atoms with van der Waals surface area (Å²) in [7, 11) is 0. The zero-order chi connectivity index (χ0) is 24.3. The van der Waals surface area contributed by atoms with E-state index < -0.39 is 0 Å². The molecule has 0 saturated carbocycles. The predicted molar refractivity (Wildman–Crippen MR) is 156 cm³/mol. The Morgan fingerprint density at radius 2 is 1.51 bits per heavy atom. The third-order valence-corrected chi connectivity index (χ3v) is 8.84. The molecule has 0 fully saturated rings. The standard InChI is InChI=1S/C34H24N2S/c1-2-9-25(10-3-1)36-30-12-6-7-13-32(30)37-33-21-24(16-19-31(33)36)23-14-17-27-29(20-23)35-28-18-15-22-8-4-5-11-26(22)34(27)28/h1-21,27,29,35H. The van der Waals surface area contributed by atoms with Gasteiger partial charge in [-0.1, -0.05) is 96.7 Å². The SMILES string of the molecule is C1=CC2c3c(ccc4ccccc34)NC2C=C1c1ccc2c(c1)Sc1ccccc1N2c1ccccc1. The molecule has 37 heavy (non-hydrogen) atoms. The first-order chi connectivity index (χ1) is 18.3. The summed E-state index contributed by atoms with van der Waals surface area (Å²) >= 11 is 1.86. The molecule has 5 aromatic carbocycles. The minimum Gasteiger partial charge on any atom is -0.378 e. The van der Waals surface area contributed by atoms with Gasteiger partial charge in [-0.05, 0) is 69.9 Å². The van der Waals surface area contributed by atoms with Crippen LogP contribution in [0.4, 0.5) is 22.7 Å².